The highest BCUT2D eigenvalue weighted by molar-refractivity contribution is 5.84. The number of ether oxygens (including phenoxy) is 1. The van der Waals surface area contributed by atoms with Gasteiger partial charge in [-0.25, -0.2) is 22.0 Å². The minimum Gasteiger partial charge on any atom is -0.492 e. The average molecular weight is 481 g/mol. The normalized spacial score (nSPS) is 10.8. The molecule has 35 heavy (non-hydrogen) atoms. The predicted molar refractivity (Wildman–Crippen MR) is 124 cm³/mol. The molecule has 0 saturated carbocycles. The van der Waals surface area contributed by atoms with Crippen molar-refractivity contribution in [2.24, 2.45) is 0 Å². The first-order valence-electron chi connectivity index (χ1n) is 11.0. The SMILES string of the molecule is CCCOc1ccc(CCc2cc(F)c(C#Cc3ccc4c(F)c(F)c(F)cc4c3)c(F)c2)nc1. The number of nitrogens with zero attached hydrogens (tertiary/aromatic N) is 1. The van der Waals surface area contributed by atoms with Crippen LogP contribution < -0.4 is 4.74 Å². The van der Waals surface area contributed by atoms with Gasteiger partial charge in [0.25, 0.3) is 0 Å². The molecule has 7 heteroatoms. The van der Waals surface area contributed by atoms with Gasteiger partial charge in [-0.2, -0.15) is 0 Å². The van der Waals surface area contributed by atoms with Crippen LogP contribution in [0.3, 0.4) is 0 Å². The van der Waals surface area contributed by atoms with Gasteiger partial charge in [-0.15, -0.1) is 0 Å². The minimum atomic E-state index is -1.56. The second-order valence-corrected chi connectivity index (χ2v) is 7.94. The molecule has 0 aliphatic heterocycles. The van der Waals surface area contributed by atoms with Gasteiger partial charge in [0, 0.05) is 16.6 Å². The van der Waals surface area contributed by atoms with Gasteiger partial charge in [-0.1, -0.05) is 24.8 Å². The maximum atomic E-state index is 14.6. The number of halogens is 5. The standard InChI is InChI=1S/C28H20F5NO/c1-2-11-35-21-8-7-20(34-16-21)6-3-18-13-24(29)23(25(30)14-18)10-5-17-4-9-22-19(12-17)15-26(31)28(33)27(22)32/h4,7-9,12-16H,2-3,6,11H2,1H3. The number of hydrogen-bond donors (Lipinski definition) is 0. The van der Waals surface area contributed by atoms with Crippen molar-refractivity contribution in [2.45, 2.75) is 26.2 Å². The third-order valence-electron chi connectivity index (χ3n) is 5.35. The fourth-order valence-electron chi connectivity index (χ4n) is 3.54. The van der Waals surface area contributed by atoms with E-state index < -0.39 is 34.6 Å². The van der Waals surface area contributed by atoms with Gasteiger partial charge in [-0.05, 0) is 72.7 Å². The molecule has 0 unspecified atom stereocenters. The number of rotatable bonds is 6. The van der Waals surface area contributed by atoms with Crippen molar-refractivity contribution in [3.05, 3.63) is 106 Å². The summed E-state index contributed by atoms with van der Waals surface area (Å²) in [6.45, 7) is 2.61. The zero-order valence-electron chi connectivity index (χ0n) is 18.8. The molecule has 4 aromatic rings. The van der Waals surface area contributed by atoms with Crippen LogP contribution in [0.15, 0.2) is 54.7 Å². The molecule has 0 aliphatic rings. The van der Waals surface area contributed by atoms with Gasteiger partial charge in [0.15, 0.2) is 17.5 Å². The second-order valence-electron chi connectivity index (χ2n) is 7.94. The van der Waals surface area contributed by atoms with E-state index in [0.29, 0.717) is 30.8 Å². The zero-order chi connectivity index (χ0) is 24.9. The van der Waals surface area contributed by atoms with Crippen molar-refractivity contribution < 1.29 is 26.7 Å². The summed E-state index contributed by atoms with van der Waals surface area (Å²) < 4.78 is 75.4. The first kappa shape index (κ1) is 24.2. The van der Waals surface area contributed by atoms with E-state index >= 15 is 0 Å². The highest BCUT2D eigenvalue weighted by Crippen LogP contribution is 2.24. The average Bonchev–Trinajstić information content (AvgIpc) is 2.85. The maximum Gasteiger partial charge on any atom is 0.195 e. The van der Waals surface area contributed by atoms with E-state index in [-0.39, 0.29) is 16.3 Å². The number of aromatic nitrogens is 1. The molecule has 0 aliphatic carbocycles. The van der Waals surface area contributed by atoms with Crippen LogP contribution in [0.25, 0.3) is 10.8 Å². The Morgan fingerprint density at radius 1 is 0.800 bits per heavy atom. The van der Waals surface area contributed by atoms with Gasteiger partial charge in [0.1, 0.15) is 17.4 Å². The van der Waals surface area contributed by atoms with E-state index in [1.165, 1.54) is 30.3 Å². The number of pyridine rings is 1. The molecule has 0 spiro atoms. The van der Waals surface area contributed by atoms with Crippen LogP contribution in [-0.2, 0) is 12.8 Å². The van der Waals surface area contributed by atoms with E-state index in [1.807, 2.05) is 19.1 Å². The van der Waals surface area contributed by atoms with Crippen LogP contribution in [0.2, 0.25) is 0 Å². The lowest BCUT2D eigenvalue weighted by Gasteiger charge is -2.07. The van der Waals surface area contributed by atoms with E-state index in [0.717, 1.165) is 18.2 Å². The fourth-order valence-corrected chi connectivity index (χ4v) is 3.54. The van der Waals surface area contributed by atoms with Gasteiger partial charge in [0.2, 0.25) is 0 Å². The first-order valence-corrected chi connectivity index (χ1v) is 11.0. The summed E-state index contributed by atoms with van der Waals surface area (Å²) in [5.74, 6) is -0.121. The number of benzene rings is 3. The van der Waals surface area contributed by atoms with Crippen LogP contribution in [-0.4, -0.2) is 11.6 Å². The highest BCUT2D eigenvalue weighted by atomic mass is 19.2. The lowest BCUT2D eigenvalue weighted by Crippen LogP contribution is -2.00. The summed E-state index contributed by atoms with van der Waals surface area (Å²) in [4.78, 5) is 4.31. The molecule has 1 aromatic heterocycles. The summed E-state index contributed by atoms with van der Waals surface area (Å²) in [7, 11) is 0. The van der Waals surface area contributed by atoms with Crippen molar-refractivity contribution in [1.82, 2.24) is 4.98 Å². The Morgan fingerprint density at radius 2 is 1.57 bits per heavy atom. The molecule has 0 atom stereocenters. The van der Waals surface area contributed by atoms with E-state index in [4.69, 9.17) is 4.74 Å². The smallest absolute Gasteiger partial charge is 0.195 e. The Balaban J connectivity index is 1.49. The van der Waals surface area contributed by atoms with Gasteiger partial charge in [0.05, 0.1) is 18.4 Å². The van der Waals surface area contributed by atoms with Crippen LogP contribution in [0.5, 0.6) is 5.75 Å². The molecule has 2 nitrogen and oxygen atoms in total. The largest absolute Gasteiger partial charge is 0.492 e. The Bertz CT molecular complexity index is 1420. The second kappa shape index (κ2) is 10.6. The van der Waals surface area contributed by atoms with Crippen molar-refractivity contribution in [3.63, 3.8) is 0 Å². The highest BCUT2D eigenvalue weighted by Gasteiger charge is 2.14. The molecule has 3 aromatic carbocycles. The third kappa shape index (κ3) is 5.60. The summed E-state index contributed by atoms with van der Waals surface area (Å²) in [6, 6.07) is 10.8. The van der Waals surface area contributed by atoms with Crippen molar-refractivity contribution in [3.8, 4) is 17.6 Å². The van der Waals surface area contributed by atoms with Gasteiger partial charge in [-0.3, -0.25) is 4.98 Å². The van der Waals surface area contributed by atoms with Crippen molar-refractivity contribution in [1.29, 1.82) is 0 Å². The summed E-state index contributed by atoms with van der Waals surface area (Å²) in [5, 5.41) is -0.0307. The van der Waals surface area contributed by atoms with E-state index in [1.54, 1.807) is 6.20 Å². The lowest BCUT2D eigenvalue weighted by molar-refractivity contribution is 0.316. The molecule has 0 saturated heterocycles. The van der Waals surface area contributed by atoms with Crippen LogP contribution in [0, 0.1) is 40.9 Å². The predicted octanol–water partition coefficient (Wildman–Crippen LogP) is 6.90. The molecule has 1 heterocycles. The topological polar surface area (TPSA) is 22.1 Å². The van der Waals surface area contributed by atoms with Crippen LogP contribution in [0.1, 0.15) is 35.7 Å². The molecular formula is C28H20F5NO. The zero-order valence-corrected chi connectivity index (χ0v) is 18.8. The quantitative estimate of drug-likeness (QED) is 0.170. The fraction of sp³-hybridized carbons (Fsp3) is 0.179. The minimum absolute atomic E-state index is 0.0862. The van der Waals surface area contributed by atoms with E-state index in [9.17, 15) is 22.0 Å². The van der Waals surface area contributed by atoms with Crippen molar-refractivity contribution >= 4 is 10.8 Å². The summed E-state index contributed by atoms with van der Waals surface area (Å²) in [6.07, 6.45) is 3.38. The third-order valence-corrected chi connectivity index (χ3v) is 5.35. The van der Waals surface area contributed by atoms with Gasteiger partial charge < -0.3 is 4.74 Å². The Kier molecular flexibility index (Phi) is 7.31. The molecule has 0 bridgehead atoms. The molecule has 0 N–H and O–H groups in total. The number of fused-ring (bicyclic) bond motifs is 1. The van der Waals surface area contributed by atoms with E-state index in [2.05, 4.69) is 16.8 Å². The summed E-state index contributed by atoms with van der Waals surface area (Å²) in [5.41, 5.74) is 1.07. The number of hydrogen-bond acceptors (Lipinski definition) is 2. The monoisotopic (exact) mass is 481 g/mol. The molecule has 178 valence electrons. The maximum absolute atomic E-state index is 14.6. The molecular weight excluding hydrogens is 461 g/mol. The number of aryl methyl sites for hydroxylation is 2. The Labute approximate surface area is 199 Å². The summed E-state index contributed by atoms with van der Waals surface area (Å²) >= 11 is 0. The molecule has 0 radical (unpaired) electrons. The van der Waals surface area contributed by atoms with Crippen LogP contribution in [0.4, 0.5) is 22.0 Å². The Hall–Kier alpha value is -3.92. The molecule has 0 amide bonds. The molecule has 4 rings (SSSR count). The lowest BCUT2D eigenvalue weighted by atomic mass is 10.0. The van der Waals surface area contributed by atoms with Gasteiger partial charge >= 0.3 is 0 Å². The van der Waals surface area contributed by atoms with Crippen LogP contribution >= 0.6 is 0 Å². The Morgan fingerprint density at radius 3 is 2.26 bits per heavy atom. The first-order chi connectivity index (χ1) is 16.9. The molecule has 0 fully saturated rings. The van der Waals surface area contributed by atoms with Crippen molar-refractivity contribution in [2.75, 3.05) is 6.61 Å².